The number of imidazole rings is 1. The van der Waals surface area contributed by atoms with Crippen LogP contribution in [-0.4, -0.2) is 27.9 Å². The minimum absolute atomic E-state index is 0.215. The van der Waals surface area contributed by atoms with Crippen molar-refractivity contribution in [3.63, 3.8) is 0 Å². The Balaban J connectivity index is 1.37. The molecule has 0 aliphatic carbocycles. The maximum absolute atomic E-state index is 12.8. The highest BCUT2D eigenvalue weighted by atomic mass is 16.2. The molecule has 160 valence electrons. The molecule has 6 heteroatoms. The number of anilines is 1. The molecule has 2 N–H and O–H groups in total. The molecule has 0 atom stereocenters. The monoisotopic (exact) mass is 424 g/mol. The first-order chi connectivity index (χ1) is 15.7. The Morgan fingerprint density at radius 1 is 0.812 bits per heavy atom. The fraction of sp³-hybridized carbons (Fsp3) is 0.115. The van der Waals surface area contributed by atoms with Gasteiger partial charge in [0.2, 0.25) is 0 Å². The van der Waals surface area contributed by atoms with Crippen LogP contribution in [0.15, 0.2) is 97.6 Å². The van der Waals surface area contributed by atoms with Crippen LogP contribution in [0.2, 0.25) is 0 Å². The number of amides is 2. The van der Waals surface area contributed by atoms with Crippen molar-refractivity contribution in [2.24, 2.45) is 0 Å². The zero-order valence-corrected chi connectivity index (χ0v) is 17.6. The van der Waals surface area contributed by atoms with Crippen molar-refractivity contribution in [3.05, 3.63) is 120 Å². The van der Waals surface area contributed by atoms with Crippen LogP contribution in [0.4, 0.5) is 5.69 Å². The topological polar surface area (TPSA) is 76.0 Å². The molecular weight excluding hydrogens is 400 g/mol. The highest BCUT2D eigenvalue weighted by molar-refractivity contribution is 6.09. The second kappa shape index (κ2) is 10.2. The Hall–Kier alpha value is -4.19. The first-order valence-corrected chi connectivity index (χ1v) is 10.5. The van der Waals surface area contributed by atoms with Crippen molar-refractivity contribution in [2.45, 2.75) is 13.0 Å². The molecule has 0 saturated heterocycles. The van der Waals surface area contributed by atoms with Crippen LogP contribution >= 0.6 is 0 Å². The van der Waals surface area contributed by atoms with Gasteiger partial charge in [0, 0.05) is 31.0 Å². The summed E-state index contributed by atoms with van der Waals surface area (Å²) in [5.41, 5.74) is 3.67. The molecule has 0 unspecified atom stereocenters. The van der Waals surface area contributed by atoms with E-state index in [0.29, 0.717) is 29.9 Å². The molecule has 4 aromatic rings. The maximum Gasteiger partial charge on any atom is 0.255 e. The van der Waals surface area contributed by atoms with E-state index in [1.165, 1.54) is 0 Å². The smallest absolute Gasteiger partial charge is 0.255 e. The molecule has 3 aromatic carbocycles. The van der Waals surface area contributed by atoms with Crippen molar-refractivity contribution >= 4 is 17.5 Å². The summed E-state index contributed by atoms with van der Waals surface area (Å²) in [4.78, 5) is 29.5. The van der Waals surface area contributed by atoms with Crippen LogP contribution < -0.4 is 10.6 Å². The van der Waals surface area contributed by atoms with E-state index in [0.717, 1.165) is 17.5 Å². The van der Waals surface area contributed by atoms with Crippen molar-refractivity contribution < 1.29 is 9.59 Å². The van der Waals surface area contributed by atoms with Gasteiger partial charge < -0.3 is 15.2 Å². The molecule has 0 aliphatic rings. The molecule has 6 nitrogen and oxygen atoms in total. The first-order valence-electron chi connectivity index (χ1n) is 10.5. The van der Waals surface area contributed by atoms with E-state index < -0.39 is 0 Å². The van der Waals surface area contributed by atoms with Gasteiger partial charge in [0.25, 0.3) is 11.8 Å². The lowest BCUT2D eigenvalue weighted by atomic mass is 10.1. The Bertz CT molecular complexity index is 1170. The van der Waals surface area contributed by atoms with E-state index in [2.05, 4.69) is 15.6 Å². The fourth-order valence-electron chi connectivity index (χ4n) is 3.40. The molecule has 0 saturated carbocycles. The minimum Gasteiger partial charge on any atom is -0.352 e. The number of aromatic nitrogens is 2. The second-order valence-corrected chi connectivity index (χ2v) is 7.42. The van der Waals surface area contributed by atoms with Gasteiger partial charge in [-0.2, -0.15) is 0 Å². The van der Waals surface area contributed by atoms with Gasteiger partial charge in [-0.1, -0.05) is 54.6 Å². The number of nitrogens with zero attached hydrogens (tertiary/aromatic N) is 2. The summed E-state index contributed by atoms with van der Waals surface area (Å²) in [6.07, 6.45) is 6.12. The number of hydrogen-bond acceptors (Lipinski definition) is 3. The van der Waals surface area contributed by atoms with Crippen LogP contribution in [-0.2, 0) is 13.0 Å². The average Bonchev–Trinajstić information content (AvgIpc) is 3.33. The van der Waals surface area contributed by atoms with Gasteiger partial charge in [-0.15, -0.1) is 0 Å². The summed E-state index contributed by atoms with van der Waals surface area (Å²) in [6.45, 7) is 1.21. The van der Waals surface area contributed by atoms with Crippen LogP contribution in [0, 0.1) is 0 Å². The SMILES string of the molecule is O=C(Nc1ccccc1C(=O)NCCc1ccccc1)c1ccc(Cn2ccnc2)cc1. The lowest BCUT2D eigenvalue weighted by Crippen LogP contribution is -2.27. The Kier molecular flexibility index (Phi) is 6.72. The zero-order chi connectivity index (χ0) is 22.2. The Morgan fingerprint density at radius 2 is 1.56 bits per heavy atom. The molecule has 1 aromatic heterocycles. The highest BCUT2D eigenvalue weighted by Gasteiger charge is 2.14. The minimum atomic E-state index is -0.260. The predicted octanol–water partition coefficient (Wildman–Crippen LogP) is 4.16. The summed E-state index contributed by atoms with van der Waals surface area (Å²) < 4.78 is 1.96. The number of hydrogen-bond donors (Lipinski definition) is 2. The molecule has 32 heavy (non-hydrogen) atoms. The largest absolute Gasteiger partial charge is 0.352 e. The quantitative estimate of drug-likeness (QED) is 0.446. The maximum atomic E-state index is 12.8. The molecule has 4 rings (SSSR count). The molecule has 0 bridgehead atoms. The summed E-state index contributed by atoms with van der Waals surface area (Å²) in [7, 11) is 0. The Labute approximate surface area is 186 Å². The van der Waals surface area contributed by atoms with Crippen molar-refractivity contribution in [1.82, 2.24) is 14.9 Å². The predicted molar refractivity (Wildman–Crippen MR) is 125 cm³/mol. The van der Waals surface area contributed by atoms with E-state index >= 15 is 0 Å². The number of rotatable bonds is 8. The van der Waals surface area contributed by atoms with Crippen LogP contribution in [0.25, 0.3) is 0 Å². The van der Waals surface area contributed by atoms with Crippen molar-refractivity contribution in [3.8, 4) is 0 Å². The molecule has 0 spiro atoms. The number of nitrogens with one attached hydrogen (secondary N) is 2. The molecule has 0 fully saturated rings. The van der Waals surface area contributed by atoms with Gasteiger partial charge in [0.15, 0.2) is 0 Å². The van der Waals surface area contributed by atoms with Gasteiger partial charge in [0.1, 0.15) is 0 Å². The third-order valence-electron chi connectivity index (χ3n) is 5.10. The van der Waals surface area contributed by atoms with Gasteiger partial charge >= 0.3 is 0 Å². The van der Waals surface area contributed by atoms with Crippen LogP contribution in [0.5, 0.6) is 0 Å². The Morgan fingerprint density at radius 3 is 2.31 bits per heavy atom. The average molecular weight is 425 g/mol. The molecular formula is C26H24N4O2. The number of para-hydroxylation sites is 1. The molecule has 1 heterocycles. The van der Waals surface area contributed by atoms with E-state index in [1.54, 1.807) is 48.9 Å². The van der Waals surface area contributed by atoms with E-state index in [9.17, 15) is 9.59 Å². The summed E-state index contributed by atoms with van der Waals surface area (Å²) in [5, 5.41) is 5.80. The standard InChI is InChI=1S/C26H24N4O2/c31-25(22-12-10-21(11-13-22)18-30-17-16-27-19-30)29-24-9-5-4-8-23(24)26(32)28-15-14-20-6-2-1-3-7-20/h1-13,16-17,19H,14-15,18H2,(H,28,32)(H,29,31). The lowest BCUT2D eigenvalue weighted by Gasteiger charge is -2.12. The molecule has 2 amide bonds. The van der Waals surface area contributed by atoms with E-state index in [-0.39, 0.29) is 11.8 Å². The first kappa shape index (κ1) is 21.1. The third kappa shape index (κ3) is 5.49. The summed E-state index contributed by atoms with van der Waals surface area (Å²) in [6, 6.07) is 24.4. The van der Waals surface area contributed by atoms with Gasteiger partial charge in [-0.3, -0.25) is 9.59 Å². The van der Waals surface area contributed by atoms with Crippen molar-refractivity contribution in [1.29, 1.82) is 0 Å². The third-order valence-corrected chi connectivity index (χ3v) is 5.10. The van der Waals surface area contributed by atoms with Crippen LogP contribution in [0.1, 0.15) is 31.8 Å². The van der Waals surface area contributed by atoms with Crippen LogP contribution in [0.3, 0.4) is 0 Å². The normalized spacial score (nSPS) is 10.5. The zero-order valence-electron chi connectivity index (χ0n) is 17.6. The second-order valence-electron chi connectivity index (χ2n) is 7.42. The summed E-state index contributed by atoms with van der Waals surface area (Å²) >= 11 is 0. The van der Waals surface area contributed by atoms with Gasteiger partial charge in [-0.05, 0) is 41.8 Å². The van der Waals surface area contributed by atoms with Gasteiger partial charge in [-0.25, -0.2) is 4.98 Å². The number of carbonyl (C=O) groups excluding carboxylic acids is 2. The molecule has 0 aliphatic heterocycles. The highest BCUT2D eigenvalue weighted by Crippen LogP contribution is 2.17. The van der Waals surface area contributed by atoms with Gasteiger partial charge in [0.05, 0.1) is 17.6 Å². The van der Waals surface area contributed by atoms with Crippen molar-refractivity contribution in [2.75, 3.05) is 11.9 Å². The van der Waals surface area contributed by atoms with E-state index in [4.69, 9.17) is 0 Å². The summed E-state index contributed by atoms with van der Waals surface area (Å²) in [5.74, 6) is -0.476. The fourth-order valence-corrected chi connectivity index (χ4v) is 3.40. The number of carbonyl (C=O) groups is 2. The lowest BCUT2D eigenvalue weighted by molar-refractivity contribution is 0.0955. The molecule has 0 radical (unpaired) electrons. The number of benzene rings is 3. The van der Waals surface area contributed by atoms with E-state index in [1.807, 2.05) is 53.2 Å².